The Balaban J connectivity index is 1.14. The zero-order chi connectivity index (χ0) is 36.9. The summed E-state index contributed by atoms with van der Waals surface area (Å²) in [6.45, 7) is 1.35. The van der Waals surface area contributed by atoms with Crippen molar-refractivity contribution in [1.29, 1.82) is 0 Å². The fourth-order valence-electron chi connectivity index (χ4n) is 7.47. The fourth-order valence-corrected chi connectivity index (χ4v) is 9.43. The van der Waals surface area contributed by atoms with E-state index in [1.54, 1.807) is 12.3 Å². The number of nitrogens with zero attached hydrogens (tertiary/aromatic N) is 3. The average molecular weight is 761 g/mol. The highest BCUT2D eigenvalue weighted by molar-refractivity contribution is 7.91. The number of pyridine rings is 1. The first-order chi connectivity index (χ1) is 25.5. The number of amides is 4. The van der Waals surface area contributed by atoms with Gasteiger partial charge in [0.05, 0.1) is 11.8 Å². The monoisotopic (exact) mass is 760 g/mol. The van der Waals surface area contributed by atoms with Crippen molar-refractivity contribution in [2.24, 2.45) is 5.92 Å². The first kappa shape index (κ1) is 35.2. The quantitative estimate of drug-likeness (QED) is 0.233. The summed E-state index contributed by atoms with van der Waals surface area (Å²) in [6.07, 6.45) is 9.42. The lowest BCUT2D eigenvalue weighted by Gasteiger charge is -2.29. The number of carbonyl (C=O) groups excluding carboxylic acids is 4. The maximum atomic E-state index is 14.4. The molecule has 2 aliphatic heterocycles. The Morgan fingerprint density at radius 2 is 1.96 bits per heavy atom. The highest BCUT2D eigenvalue weighted by atomic mass is 32.2. The SMILES string of the molecule is CC(=O)N[C@H]1CCCCCC=C[C@@H]2C[C@@]2(C(=O)NS(=O)(=O)C2CC2)NC(=O)[C@@H]2C[C@@H](Oc3cc(-c4nccs4)nc4c3oc3ccccc34)CN2C1=O. The van der Waals surface area contributed by atoms with Gasteiger partial charge in [-0.1, -0.05) is 37.1 Å². The number of nitrogens with one attached hydrogen (secondary N) is 3. The summed E-state index contributed by atoms with van der Waals surface area (Å²) in [4.78, 5) is 65.4. The van der Waals surface area contributed by atoms with Gasteiger partial charge in [-0.15, -0.1) is 11.3 Å². The predicted octanol–water partition coefficient (Wildman–Crippen LogP) is 3.96. The van der Waals surface area contributed by atoms with Crippen molar-refractivity contribution in [1.82, 2.24) is 30.2 Å². The van der Waals surface area contributed by atoms with Crippen LogP contribution in [0.3, 0.4) is 0 Å². The third-order valence-electron chi connectivity index (χ3n) is 10.5. The minimum atomic E-state index is -3.88. The van der Waals surface area contributed by atoms with E-state index in [-0.39, 0.29) is 25.3 Å². The van der Waals surface area contributed by atoms with E-state index in [0.717, 1.165) is 18.2 Å². The highest BCUT2D eigenvalue weighted by Gasteiger charge is 2.62. The van der Waals surface area contributed by atoms with Crippen LogP contribution >= 0.6 is 11.3 Å². The number of ether oxygens (including phenoxy) is 1. The second-order valence-electron chi connectivity index (χ2n) is 14.4. The molecule has 5 heterocycles. The maximum Gasteiger partial charge on any atom is 0.259 e. The number of para-hydroxylation sites is 1. The topological polar surface area (TPSA) is 190 Å². The Morgan fingerprint density at radius 1 is 1.13 bits per heavy atom. The summed E-state index contributed by atoms with van der Waals surface area (Å²) >= 11 is 1.42. The van der Waals surface area contributed by atoms with Crippen molar-refractivity contribution in [3.63, 3.8) is 0 Å². The van der Waals surface area contributed by atoms with Crippen molar-refractivity contribution < 1.29 is 36.7 Å². The number of rotatable bonds is 7. The molecule has 53 heavy (non-hydrogen) atoms. The zero-order valence-electron chi connectivity index (χ0n) is 29.1. The van der Waals surface area contributed by atoms with Gasteiger partial charge in [-0.25, -0.2) is 18.4 Å². The van der Waals surface area contributed by atoms with Gasteiger partial charge in [0.1, 0.15) is 45.5 Å². The van der Waals surface area contributed by atoms with Gasteiger partial charge in [-0.2, -0.15) is 0 Å². The van der Waals surface area contributed by atoms with E-state index in [1.807, 2.05) is 41.8 Å². The van der Waals surface area contributed by atoms with Crippen LogP contribution in [-0.4, -0.2) is 82.4 Å². The van der Waals surface area contributed by atoms with Crippen LogP contribution < -0.4 is 20.1 Å². The Bertz CT molecular complexity index is 2230. The number of carbonyl (C=O) groups is 4. The maximum absolute atomic E-state index is 14.4. The van der Waals surface area contributed by atoms with E-state index >= 15 is 0 Å². The molecule has 3 aromatic heterocycles. The molecule has 0 radical (unpaired) electrons. The number of benzene rings is 1. The molecular weight excluding hydrogens is 721 g/mol. The van der Waals surface area contributed by atoms with Gasteiger partial charge >= 0.3 is 0 Å². The van der Waals surface area contributed by atoms with Gasteiger partial charge < -0.3 is 24.7 Å². The molecule has 278 valence electrons. The van der Waals surface area contributed by atoms with Crippen LogP contribution in [0.1, 0.15) is 64.7 Å². The Labute approximate surface area is 309 Å². The summed E-state index contributed by atoms with van der Waals surface area (Å²) in [5.74, 6) is -2.25. The molecule has 4 aliphatic rings. The number of aromatic nitrogens is 2. The van der Waals surface area contributed by atoms with E-state index in [4.69, 9.17) is 14.1 Å². The molecule has 0 bridgehead atoms. The summed E-state index contributed by atoms with van der Waals surface area (Å²) in [5, 5.41) is 8.36. The third kappa shape index (κ3) is 7.01. The van der Waals surface area contributed by atoms with Crippen LogP contribution in [0.2, 0.25) is 0 Å². The number of fused-ring (bicyclic) bond motifs is 5. The number of furan rings is 1. The molecule has 4 aromatic rings. The lowest BCUT2D eigenvalue weighted by atomic mass is 10.0. The molecule has 1 saturated heterocycles. The molecule has 2 saturated carbocycles. The van der Waals surface area contributed by atoms with Crippen LogP contribution in [0.4, 0.5) is 0 Å². The molecule has 3 fully saturated rings. The number of thiazole rings is 1. The molecule has 2 aliphatic carbocycles. The summed E-state index contributed by atoms with van der Waals surface area (Å²) in [6, 6.07) is 7.27. The Hall–Kier alpha value is -4.83. The summed E-state index contributed by atoms with van der Waals surface area (Å²) < 4.78 is 40.7. The molecule has 16 heteroatoms. The molecule has 0 spiro atoms. The molecule has 4 amide bonds. The molecule has 3 N–H and O–H groups in total. The number of allylic oxidation sites excluding steroid dienone is 1. The van der Waals surface area contributed by atoms with Crippen molar-refractivity contribution in [2.75, 3.05) is 6.54 Å². The smallest absolute Gasteiger partial charge is 0.259 e. The van der Waals surface area contributed by atoms with Crippen LogP contribution in [0.25, 0.3) is 32.8 Å². The second-order valence-corrected chi connectivity index (χ2v) is 17.2. The van der Waals surface area contributed by atoms with Gasteiger partial charge in [0.2, 0.25) is 27.7 Å². The van der Waals surface area contributed by atoms with E-state index in [0.29, 0.717) is 65.2 Å². The van der Waals surface area contributed by atoms with Crippen LogP contribution in [0.5, 0.6) is 5.75 Å². The first-order valence-electron chi connectivity index (χ1n) is 18.0. The van der Waals surface area contributed by atoms with Gasteiger partial charge in [0.15, 0.2) is 11.3 Å². The minimum absolute atomic E-state index is 0.00220. The Morgan fingerprint density at radius 3 is 2.74 bits per heavy atom. The van der Waals surface area contributed by atoms with E-state index in [9.17, 15) is 27.6 Å². The van der Waals surface area contributed by atoms with E-state index in [1.165, 1.54) is 23.2 Å². The van der Waals surface area contributed by atoms with Gasteiger partial charge in [-0.3, -0.25) is 23.9 Å². The lowest BCUT2D eigenvalue weighted by Crippen LogP contribution is -2.58. The van der Waals surface area contributed by atoms with Gasteiger partial charge in [0.25, 0.3) is 5.91 Å². The largest absolute Gasteiger partial charge is 0.484 e. The van der Waals surface area contributed by atoms with Gasteiger partial charge in [-0.05, 0) is 50.7 Å². The van der Waals surface area contributed by atoms with Gasteiger partial charge in [0, 0.05) is 42.3 Å². The fraction of sp³-hybridized carbons (Fsp3) is 0.459. The number of hydrogen-bond acceptors (Lipinski definition) is 11. The molecule has 5 atom stereocenters. The summed E-state index contributed by atoms with van der Waals surface area (Å²) in [7, 11) is -3.88. The zero-order valence-corrected chi connectivity index (χ0v) is 30.7. The minimum Gasteiger partial charge on any atom is -0.484 e. The van der Waals surface area contributed by atoms with Crippen molar-refractivity contribution in [3.8, 4) is 16.5 Å². The average Bonchev–Trinajstić information content (AvgIpc) is 3.92. The second kappa shape index (κ2) is 13.9. The standard InChI is InChI=1S/C37H40N6O8S2/c1-21(44)39-26-11-6-4-2-3-5-9-22-19-37(22,36(47)42-53(48,49)24-13-14-24)41-33(45)28-17-23(20-43(28)35(26)46)50-30-18-27(34-38-15-16-52-34)40-31-25-10-7-8-12-29(25)51-32(30)31/h5,7-10,12,15-16,18,22-24,26,28H,2-4,6,11,13-14,17,19-20H2,1H3,(H,39,44)(H,41,45)(H,42,47)/t22-,23-,26+,28+,37-/m1/s1. The number of hydrogen-bond donors (Lipinski definition) is 3. The molecule has 14 nitrogen and oxygen atoms in total. The van der Waals surface area contributed by atoms with Crippen molar-refractivity contribution >= 4 is 67.1 Å². The molecular formula is C37H40N6O8S2. The lowest BCUT2D eigenvalue weighted by molar-refractivity contribution is -0.142. The Kier molecular flexibility index (Phi) is 9.21. The summed E-state index contributed by atoms with van der Waals surface area (Å²) in [5.41, 5.74) is 0.682. The van der Waals surface area contributed by atoms with Crippen LogP contribution in [0.15, 0.2) is 58.5 Å². The molecule has 0 unspecified atom stereocenters. The molecule has 1 aromatic carbocycles. The predicted molar refractivity (Wildman–Crippen MR) is 196 cm³/mol. The van der Waals surface area contributed by atoms with E-state index in [2.05, 4.69) is 20.3 Å². The highest BCUT2D eigenvalue weighted by Crippen LogP contribution is 2.46. The first-order valence-corrected chi connectivity index (χ1v) is 20.5. The van der Waals surface area contributed by atoms with Crippen molar-refractivity contribution in [2.45, 2.75) is 93.7 Å². The van der Waals surface area contributed by atoms with Crippen molar-refractivity contribution in [3.05, 3.63) is 54.1 Å². The van der Waals surface area contributed by atoms with Crippen LogP contribution in [-0.2, 0) is 29.2 Å². The third-order valence-corrected chi connectivity index (χ3v) is 13.1. The molecule has 8 rings (SSSR count). The number of sulfonamides is 1. The van der Waals surface area contributed by atoms with Crippen LogP contribution in [0, 0.1) is 5.92 Å². The van der Waals surface area contributed by atoms with E-state index < -0.39 is 62.6 Å². The normalized spacial score (nSPS) is 26.6.